The zero-order chi connectivity index (χ0) is 19.6. The maximum absolute atomic E-state index is 12.0. The summed E-state index contributed by atoms with van der Waals surface area (Å²) >= 11 is 0. The highest BCUT2D eigenvalue weighted by atomic mass is 16.1. The first kappa shape index (κ1) is 20.3. The van der Waals surface area contributed by atoms with Gasteiger partial charge in [0.1, 0.15) is 5.82 Å². The quantitative estimate of drug-likeness (QED) is 0.682. The number of benzene rings is 1. The lowest BCUT2D eigenvalue weighted by Gasteiger charge is -2.19. The Morgan fingerprint density at radius 1 is 1.04 bits per heavy atom. The molecule has 1 aromatic heterocycles. The molecule has 0 atom stereocenters. The van der Waals surface area contributed by atoms with Gasteiger partial charge in [-0.3, -0.25) is 9.36 Å². The Kier molecular flexibility index (Phi) is 6.33. The Labute approximate surface area is 158 Å². The first-order chi connectivity index (χ1) is 12.2. The normalized spacial score (nSPS) is 11.3. The molecule has 0 aliphatic carbocycles. The minimum Gasteiger partial charge on any atom is -0.312 e. The minimum atomic E-state index is -0.0167. The molecule has 2 aromatic rings. The molecule has 0 aliphatic heterocycles. The first-order valence-electron chi connectivity index (χ1n) is 9.77. The first-order valence-corrected chi connectivity index (χ1v) is 9.77. The standard InChI is InChI=1S/C23H34N2O/c1-9-20(10-2)13-21-17(6)18(7)25(23(21)24-19(8)26)22-15(4)11-14(3)12-16(22)5/h11-12,20H,9-10,13H2,1-8H3,(H,24,26). The summed E-state index contributed by atoms with van der Waals surface area (Å²) in [4.78, 5) is 12.0. The second-order valence-electron chi connectivity index (χ2n) is 7.69. The van der Waals surface area contributed by atoms with Crippen LogP contribution < -0.4 is 5.32 Å². The molecule has 2 rings (SSSR count). The van der Waals surface area contributed by atoms with E-state index in [0.29, 0.717) is 5.92 Å². The molecule has 0 saturated heterocycles. The van der Waals surface area contributed by atoms with Crippen LogP contribution in [0.2, 0.25) is 0 Å². The number of hydrogen-bond acceptors (Lipinski definition) is 1. The number of amides is 1. The van der Waals surface area contributed by atoms with Gasteiger partial charge in [0.05, 0.1) is 5.69 Å². The summed E-state index contributed by atoms with van der Waals surface area (Å²) in [5.74, 6) is 1.57. The molecule has 0 fully saturated rings. The SMILES string of the molecule is CCC(CC)Cc1c(C)c(C)n(-c2c(C)cc(C)cc2C)c1NC(C)=O. The number of hydrogen-bond donors (Lipinski definition) is 1. The average Bonchev–Trinajstić information content (AvgIpc) is 2.76. The third-order valence-electron chi connectivity index (χ3n) is 5.64. The molecule has 1 aromatic carbocycles. The molecular formula is C23H34N2O. The number of nitrogens with one attached hydrogen (secondary N) is 1. The third kappa shape index (κ3) is 3.87. The van der Waals surface area contributed by atoms with Gasteiger partial charge in [0, 0.05) is 12.6 Å². The fraction of sp³-hybridized carbons (Fsp3) is 0.522. The number of nitrogens with zero attached hydrogens (tertiary/aromatic N) is 1. The molecule has 3 heteroatoms. The molecule has 1 amide bonds. The van der Waals surface area contributed by atoms with Crippen molar-refractivity contribution in [2.45, 2.75) is 74.7 Å². The number of carbonyl (C=O) groups excluding carboxylic acids is 1. The smallest absolute Gasteiger partial charge is 0.222 e. The van der Waals surface area contributed by atoms with Gasteiger partial charge in [0.25, 0.3) is 0 Å². The van der Waals surface area contributed by atoms with Crippen LogP contribution in [0.4, 0.5) is 5.82 Å². The van der Waals surface area contributed by atoms with E-state index in [2.05, 4.69) is 70.5 Å². The number of carbonyl (C=O) groups is 1. The Morgan fingerprint density at radius 3 is 2.04 bits per heavy atom. The van der Waals surface area contributed by atoms with Gasteiger partial charge in [-0.25, -0.2) is 0 Å². The molecule has 1 N–H and O–H groups in total. The van der Waals surface area contributed by atoms with Crippen LogP contribution in [-0.2, 0) is 11.2 Å². The summed E-state index contributed by atoms with van der Waals surface area (Å²) in [7, 11) is 0. The molecule has 1 heterocycles. The fourth-order valence-electron chi connectivity index (χ4n) is 4.08. The Bertz CT molecular complexity index is 787. The van der Waals surface area contributed by atoms with Crippen molar-refractivity contribution < 1.29 is 4.79 Å². The third-order valence-corrected chi connectivity index (χ3v) is 5.64. The van der Waals surface area contributed by atoms with E-state index in [4.69, 9.17) is 0 Å². The second kappa shape index (κ2) is 8.11. The average molecular weight is 355 g/mol. The molecular weight excluding hydrogens is 320 g/mol. The maximum atomic E-state index is 12.0. The van der Waals surface area contributed by atoms with Crippen molar-refractivity contribution in [3.05, 3.63) is 45.6 Å². The summed E-state index contributed by atoms with van der Waals surface area (Å²) in [5.41, 5.74) is 8.72. The fourth-order valence-corrected chi connectivity index (χ4v) is 4.08. The molecule has 0 bridgehead atoms. The highest BCUT2D eigenvalue weighted by Crippen LogP contribution is 2.35. The highest BCUT2D eigenvalue weighted by molar-refractivity contribution is 5.90. The van der Waals surface area contributed by atoms with Crippen LogP contribution in [0, 0.1) is 40.5 Å². The number of aromatic nitrogens is 1. The van der Waals surface area contributed by atoms with E-state index in [1.54, 1.807) is 6.92 Å². The molecule has 0 unspecified atom stereocenters. The summed E-state index contributed by atoms with van der Waals surface area (Å²) in [6.45, 7) is 16.9. The van der Waals surface area contributed by atoms with Gasteiger partial charge in [-0.1, -0.05) is 44.4 Å². The monoisotopic (exact) mass is 354 g/mol. The molecule has 26 heavy (non-hydrogen) atoms. The van der Waals surface area contributed by atoms with Crippen LogP contribution in [0.3, 0.4) is 0 Å². The van der Waals surface area contributed by atoms with Crippen LogP contribution in [0.25, 0.3) is 5.69 Å². The Balaban J connectivity index is 2.76. The van der Waals surface area contributed by atoms with Crippen molar-refractivity contribution in [3.63, 3.8) is 0 Å². The Morgan fingerprint density at radius 2 is 1.58 bits per heavy atom. The largest absolute Gasteiger partial charge is 0.312 e. The zero-order valence-corrected chi connectivity index (χ0v) is 17.7. The summed E-state index contributed by atoms with van der Waals surface area (Å²) < 4.78 is 2.26. The van der Waals surface area contributed by atoms with Gasteiger partial charge in [-0.15, -0.1) is 0 Å². The van der Waals surface area contributed by atoms with E-state index in [-0.39, 0.29) is 5.91 Å². The second-order valence-corrected chi connectivity index (χ2v) is 7.69. The lowest BCUT2D eigenvalue weighted by atomic mass is 9.93. The maximum Gasteiger partial charge on any atom is 0.222 e. The van der Waals surface area contributed by atoms with Gasteiger partial charge in [0.2, 0.25) is 5.91 Å². The predicted octanol–water partition coefficient (Wildman–Crippen LogP) is 5.96. The summed E-state index contributed by atoms with van der Waals surface area (Å²) in [5, 5.41) is 3.15. The van der Waals surface area contributed by atoms with Crippen molar-refractivity contribution >= 4 is 11.7 Å². The van der Waals surface area contributed by atoms with E-state index in [1.807, 2.05) is 0 Å². The molecule has 3 nitrogen and oxygen atoms in total. The van der Waals surface area contributed by atoms with E-state index in [1.165, 1.54) is 39.2 Å². The molecule has 0 saturated carbocycles. The van der Waals surface area contributed by atoms with Gasteiger partial charge in [-0.2, -0.15) is 0 Å². The van der Waals surface area contributed by atoms with Gasteiger partial charge < -0.3 is 5.32 Å². The lowest BCUT2D eigenvalue weighted by molar-refractivity contribution is -0.114. The van der Waals surface area contributed by atoms with Crippen LogP contribution >= 0.6 is 0 Å². The van der Waals surface area contributed by atoms with Crippen LogP contribution in [0.1, 0.15) is 67.1 Å². The predicted molar refractivity (Wildman–Crippen MR) is 112 cm³/mol. The topological polar surface area (TPSA) is 34.0 Å². The number of aryl methyl sites for hydroxylation is 3. The van der Waals surface area contributed by atoms with E-state index >= 15 is 0 Å². The zero-order valence-electron chi connectivity index (χ0n) is 17.7. The van der Waals surface area contributed by atoms with Crippen LogP contribution in [0.15, 0.2) is 12.1 Å². The van der Waals surface area contributed by atoms with E-state index < -0.39 is 0 Å². The molecule has 142 valence electrons. The molecule has 0 radical (unpaired) electrons. The van der Waals surface area contributed by atoms with Gasteiger partial charge >= 0.3 is 0 Å². The lowest BCUT2D eigenvalue weighted by Crippen LogP contribution is -2.15. The van der Waals surface area contributed by atoms with Gasteiger partial charge in [0.15, 0.2) is 0 Å². The van der Waals surface area contributed by atoms with Crippen molar-refractivity contribution in [2.24, 2.45) is 5.92 Å². The minimum absolute atomic E-state index is 0.0167. The van der Waals surface area contributed by atoms with E-state index in [9.17, 15) is 4.79 Å². The van der Waals surface area contributed by atoms with Gasteiger partial charge in [-0.05, 0) is 69.2 Å². The van der Waals surface area contributed by atoms with Crippen molar-refractivity contribution in [2.75, 3.05) is 5.32 Å². The number of anilines is 1. The van der Waals surface area contributed by atoms with E-state index in [0.717, 1.165) is 25.1 Å². The van der Waals surface area contributed by atoms with Crippen molar-refractivity contribution in [1.82, 2.24) is 4.57 Å². The van der Waals surface area contributed by atoms with Crippen LogP contribution in [-0.4, -0.2) is 10.5 Å². The number of rotatable bonds is 6. The molecule has 0 spiro atoms. The van der Waals surface area contributed by atoms with Crippen molar-refractivity contribution in [3.8, 4) is 5.69 Å². The van der Waals surface area contributed by atoms with Crippen LogP contribution in [0.5, 0.6) is 0 Å². The summed E-state index contributed by atoms with van der Waals surface area (Å²) in [6.07, 6.45) is 3.32. The Hall–Kier alpha value is -2.03. The van der Waals surface area contributed by atoms with Crippen molar-refractivity contribution in [1.29, 1.82) is 0 Å². The molecule has 0 aliphatic rings. The summed E-state index contributed by atoms with van der Waals surface area (Å²) in [6, 6.07) is 4.43. The highest BCUT2D eigenvalue weighted by Gasteiger charge is 2.23.